The second-order valence-electron chi connectivity index (χ2n) is 9.18. The van der Waals surface area contributed by atoms with Gasteiger partial charge in [0.25, 0.3) is 11.8 Å². The maximum Gasteiger partial charge on any atom is 0.282 e. The molecule has 2 aliphatic heterocycles. The van der Waals surface area contributed by atoms with Crippen molar-refractivity contribution in [3.63, 3.8) is 0 Å². The van der Waals surface area contributed by atoms with Gasteiger partial charge in [-0.1, -0.05) is 42.0 Å². The minimum Gasteiger partial charge on any atom is -0.491 e. The third kappa shape index (κ3) is 3.67. The van der Waals surface area contributed by atoms with E-state index in [1.807, 2.05) is 62.9 Å². The zero-order chi connectivity index (χ0) is 24.0. The van der Waals surface area contributed by atoms with E-state index in [4.69, 9.17) is 4.74 Å². The molecule has 2 aliphatic rings. The van der Waals surface area contributed by atoms with Crippen LogP contribution in [0.2, 0.25) is 0 Å². The van der Waals surface area contributed by atoms with Gasteiger partial charge in [-0.05, 0) is 81.1 Å². The Kier molecular flexibility index (Phi) is 5.48. The Bertz CT molecular complexity index is 1320. The number of hydrogen-bond donors (Lipinski definition) is 0. The van der Waals surface area contributed by atoms with E-state index in [9.17, 15) is 9.59 Å². The highest BCUT2D eigenvalue weighted by Crippen LogP contribution is 2.41. The zero-order valence-electron chi connectivity index (χ0n) is 20.0. The molecule has 0 radical (unpaired) electrons. The first-order chi connectivity index (χ1) is 16.3. The molecular formula is C29H28N2O3. The molecule has 5 rings (SSSR count). The summed E-state index contributed by atoms with van der Waals surface area (Å²) in [7, 11) is 0. The number of anilines is 2. The molecule has 0 unspecified atom stereocenters. The molecule has 0 spiro atoms. The van der Waals surface area contributed by atoms with E-state index in [0.29, 0.717) is 29.3 Å². The van der Waals surface area contributed by atoms with Crippen LogP contribution in [0.25, 0.3) is 5.57 Å². The van der Waals surface area contributed by atoms with Gasteiger partial charge in [-0.3, -0.25) is 9.59 Å². The van der Waals surface area contributed by atoms with Crippen LogP contribution in [0.1, 0.15) is 36.1 Å². The van der Waals surface area contributed by atoms with Crippen LogP contribution in [0.3, 0.4) is 0 Å². The van der Waals surface area contributed by atoms with Crippen molar-refractivity contribution >= 4 is 28.8 Å². The summed E-state index contributed by atoms with van der Waals surface area (Å²) in [6, 6.07) is 21.2. The van der Waals surface area contributed by atoms with Crippen LogP contribution in [0.4, 0.5) is 11.4 Å². The molecule has 5 heteroatoms. The molecule has 5 nitrogen and oxygen atoms in total. The van der Waals surface area contributed by atoms with E-state index >= 15 is 0 Å². The Morgan fingerprint density at radius 2 is 1.62 bits per heavy atom. The fourth-order valence-electron chi connectivity index (χ4n) is 4.86. The van der Waals surface area contributed by atoms with Gasteiger partial charge in [-0.2, -0.15) is 0 Å². The monoisotopic (exact) mass is 452 g/mol. The highest BCUT2D eigenvalue weighted by Gasteiger charge is 2.44. The van der Waals surface area contributed by atoms with E-state index < -0.39 is 0 Å². The molecule has 3 aromatic rings. The predicted molar refractivity (Wildman–Crippen MR) is 135 cm³/mol. The smallest absolute Gasteiger partial charge is 0.282 e. The van der Waals surface area contributed by atoms with Gasteiger partial charge in [-0.15, -0.1) is 0 Å². The second-order valence-corrected chi connectivity index (χ2v) is 9.18. The molecule has 172 valence electrons. The molecule has 2 heterocycles. The van der Waals surface area contributed by atoms with Crippen molar-refractivity contribution in [2.45, 2.75) is 40.2 Å². The van der Waals surface area contributed by atoms with Gasteiger partial charge >= 0.3 is 0 Å². The predicted octanol–water partition coefficient (Wildman–Crippen LogP) is 5.44. The lowest BCUT2D eigenvalue weighted by molar-refractivity contribution is -0.120. The maximum atomic E-state index is 13.9. The molecule has 0 saturated carbocycles. The van der Waals surface area contributed by atoms with Crippen molar-refractivity contribution in [3.8, 4) is 5.75 Å². The first-order valence-corrected chi connectivity index (χ1v) is 11.7. The van der Waals surface area contributed by atoms with E-state index in [-0.39, 0.29) is 17.9 Å². The van der Waals surface area contributed by atoms with Crippen LogP contribution in [0.15, 0.2) is 72.4 Å². The Morgan fingerprint density at radius 3 is 2.32 bits per heavy atom. The summed E-state index contributed by atoms with van der Waals surface area (Å²) in [5, 5.41) is 0. The van der Waals surface area contributed by atoms with Crippen molar-refractivity contribution in [2.24, 2.45) is 0 Å². The van der Waals surface area contributed by atoms with Crippen LogP contribution < -0.4 is 14.5 Å². The fraction of sp³-hybridized carbons (Fsp3) is 0.241. The number of benzene rings is 3. The number of fused-ring (bicyclic) bond motifs is 1. The Hall–Kier alpha value is -3.86. The van der Waals surface area contributed by atoms with Crippen molar-refractivity contribution in [1.82, 2.24) is 0 Å². The minimum atomic E-state index is -0.297. The molecule has 0 saturated heterocycles. The van der Waals surface area contributed by atoms with Gasteiger partial charge in [0, 0.05) is 12.2 Å². The molecule has 0 bridgehead atoms. The normalized spacial score (nSPS) is 15.6. The van der Waals surface area contributed by atoms with Gasteiger partial charge in [0.05, 0.1) is 17.4 Å². The summed E-state index contributed by atoms with van der Waals surface area (Å²) in [5.74, 6) is 0.108. The van der Waals surface area contributed by atoms with Crippen LogP contribution in [0.5, 0.6) is 5.75 Å². The summed E-state index contributed by atoms with van der Waals surface area (Å²) in [5.41, 5.74) is 6.51. The topological polar surface area (TPSA) is 49.9 Å². The quantitative estimate of drug-likeness (QED) is 0.484. The van der Waals surface area contributed by atoms with Crippen molar-refractivity contribution < 1.29 is 14.3 Å². The van der Waals surface area contributed by atoms with Gasteiger partial charge < -0.3 is 9.64 Å². The lowest BCUT2D eigenvalue weighted by Crippen LogP contribution is -2.34. The summed E-state index contributed by atoms with van der Waals surface area (Å²) in [6.07, 6.45) is 0.878. The average molecular weight is 453 g/mol. The molecule has 0 aromatic heterocycles. The van der Waals surface area contributed by atoms with Crippen molar-refractivity contribution in [2.75, 3.05) is 16.3 Å². The first-order valence-electron chi connectivity index (χ1n) is 11.7. The Morgan fingerprint density at radius 1 is 0.882 bits per heavy atom. The van der Waals surface area contributed by atoms with E-state index in [1.54, 1.807) is 24.3 Å². The van der Waals surface area contributed by atoms with Crippen LogP contribution in [-0.4, -0.2) is 24.5 Å². The van der Waals surface area contributed by atoms with Crippen molar-refractivity contribution in [1.29, 1.82) is 0 Å². The van der Waals surface area contributed by atoms with E-state index in [0.717, 1.165) is 28.8 Å². The SMILES string of the molecule is Cc1ccc(C2=C(N3CCc4ccccc43)C(=O)N(c3ccc(OC(C)C)cc3)C2=O)c(C)c1. The first kappa shape index (κ1) is 22.0. The van der Waals surface area contributed by atoms with Gasteiger partial charge in [0.1, 0.15) is 11.4 Å². The van der Waals surface area contributed by atoms with Crippen LogP contribution >= 0.6 is 0 Å². The highest BCUT2D eigenvalue weighted by atomic mass is 16.5. The number of nitrogens with zero attached hydrogens (tertiary/aromatic N) is 2. The summed E-state index contributed by atoms with van der Waals surface area (Å²) < 4.78 is 5.74. The molecule has 0 atom stereocenters. The zero-order valence-corrected chi connectivity index (χ0v) is 20.0. The highest BCUT2D eigenvalue weighted by molar-refractivity contribution is 6.46. The molecule has 0 fully saturated rings. The van der Waals surface area contributed by atoms with Crippen LogP contribution in [-0.2, 0) is 16.0 Å². The average Bonchev–Trinajstić information content (AvgIpc) is 3.32. The number of aryl methyl sites for hydroxylation is 2. The standard InChI is InChI=1S/C29H28N2O3/c1-18(2)34-23-12-10-22(11-13-23)31-28(32)26(24-14-9-19(3)17-20(24)4)27(29(31)33)30-16-15-21-7-5-6-8-25(21)30/h5-14,17-18H,15-16H2,1-4H3. The largest absolute Gasteiger partial charge is 0.491 e. The number of carbonyl (C=O) groups is 2. The summed E-state index contributed by atoms with van der Waals surface area (Å²) in [6.45, 7) is 8.60. The van der Waals surface area contributed by atoms with E-state index in [2.05, 4.69) is 12.1 Å². The minimum absolute atomic E-state index is 0.0421. The maximum absolute atomic E-state index is 13.9. The van der Waals surface area contributed by atoms with Gasteiger partial charge in [0.15, 0.2) is 0 Å². The number of rotatable bonds is 5. The number of ether oxygens (including phenoxy) is 1. The number of para-hydroxylation sites is 1. The molecule has 3 aromatic carbocycles. The number of imide groups is 1. The Balaban J connectivity index is 1.63. The molecular weight excluding hydrogens is 424 g/mol. The fourth-order valence-corrected chi connectivity index (χ4v) is 4.86. The number of amides is 2. The summed E-state index contributed by atoms with van der Waals surface area (Å²) in [4.78, 5) is 31.1. The number of carbonyl (C=O) groups excluding carboxylic acids is 2. The van der Waals surface area contributed by atoms with Gasteiger partial charge in [0.2, 0.25) is 0 Å². The molecule has 0 aliphatic carbocycles. The van der Waals surface area contributed by atoms with Crippen LogP contribution in [0, 0.1) is 13.8 Å². The van der Waals surface area contributed by atoms with Gasteiger partial charge in [-0.25, -0.2) is 4.90 Å². The van der Waals surface area contributed by atoms with E-state index in [1.165, 1.54) is 10.5 Å². The third-order valence-corrected chi connectivity index (χ3v) is 6.33. The lowest BCUT2D eigenvalue weighted by Gasteiger charge is -2.22. The molecule has 2 amide bonds. The summed E-state index contributed by atoms with van der Waals surface area (Å²) >= 11 is 0. The molecule has 0 N–H and O–H groups in total. The number of hydrogen-bond acceptors (Lipinski definition) is 4. The second kappa shape index (κ2) is 8.49. The van der Waals surface area contributed by atoms with Crippen molar-refractivity contribution in [3.05, 3.63) is 94.7 Å². The third-order valence-electron chi connectivity index (χ3n) is 6.33. The lowest BCUT2D eigenvalue weighted by atomic mass is 9.97. The molecule has 34 heavy (non-hydrogen) atoms. The Labute approximate surface area is 200 Å².